The van der Waals surface area contributed by atoms with E-state index in [4.69, 9.17) is 9.47 Å². The molecule has 2 heterocycles. The third-order valence-electron chi connectivity index (χ3n) is 6.06. The first-order valence-corrected chi connectivity index (χ1v) is 12.8. The fraction of sp³-hybridized carbons (Fsp3) is 0.333. The summed E-state index contributed by atoms with van der Waals surface area (Å²) in [5.41, 5.74) is 5.28. The molecule has 0 amide bonds. The summed E-state index contributed by atoms with van der Waals surface area (Å²) in [6.45, 7) is 13.6. The SMILES string of the molecule is C=C(Cc1ccc2c(c1)N(Cc1cccc(-c3ncc(OCCCN(C)C)cn3)c1)C(=C)O2)NCCC. The molecule has 0 saturated heterocycles. The van der Waals surface area contributed by atoms with Gasteiger partial charge in [0.2, 0.25) is 0 Å². The zero-order valence-corrected chi connectivity index (χ0v) is 22.2. The van der Waals surface area contributed by atoms with Crippen LogP contribution in [0.2, 0.25) is 0 Å². The normalized spacial score (nSPS) is 12.4. The standard InChI is InChI=1S/C30H37N5O2/c1-6-13-31-22(2)16-24-11-12-29-28(18-24)35(23(3)37-29)21-25-9-7-10-26(17-25)30-32-19-27(20-33-30)36-15-8-14-34(4)5/h7,9-12,17-20,31H,2-3,6,8,13-16,21H2,1,4-5H3. The summed E-state index contributed by atoms with van der Waals surface area (Å²) in [6, 6.07) is 14.5. The van der Waals surface area contributed by atoms with Gasteiger partial charge >= 0.3 is 0 Å². The van der Waals surface area contributed by atoms with Crippen LogP contribution in [0, 0.1) is 0 Å². The minimum absolute atomic E-state index is 0.618. The third kappa shape index (κ3) is 7.11. The van der Waals surface area contributed by atoms with E-state index >= 15 is 0 Å². The highest BCUT2D eigenvalue weighted by Gasteiger charge is 2.25. The number of ether oxygens (including phenoxy) is 2. The Morgan fingerprint density at radius 3 is 2.68 bits per heavy atom. The number of benzene rings is 2. The van der Waals surface area contributed by atoms with Gasteiger partial charge < -0.3 is 24.6 Å². The quantitative estimate of drug-likeness (QED) is 0.316. The van der Waals surface area contributed by atoms with Crippen LogP contribution in [0.3, 0.4) is 0 Å². The molecule has 1 aliphatic rings. The zero-order chi connectivity index (χ0) is 26.2. The molecule has 0 saturated carbocycles. The maximum absolute atomic E-state index is 5.95. The van der Waals surface area contributed by atoms with Gasteiger partial charge in [0.05, 0.1) is 31.2 Å². The highest BCUT2D eigenvalue weighted by Crippen LogP contribution is 2.40. The van der Waals surface area contributed by atoms with Crippen LogP contribution in [0.1, 0.15) is 30.9 Å². The lowest BCUT2D eigenvalue weighted by atomic mass is 10.1. The summed E-state index contributed by atoms with van der Waals surface area (Å²) >= 11 is 0. The molecule has 3 aromatic rings. The molecule has 7 heteroatoms. The van der Waals surface area contributed by atoms with E-state index in [-0.39, 0.29) is 0 Å². The topological polar surface area (TPSA) is 62.8 Å². The molecule has 0 bridgehead atoms. The van der Waals surface area contributed by atoms with Crippen molar-refractivity contribution in [1.82, 2.24) is 20.2 Å². The van der Waals surface area contributed by atoms with Crippen LogP contribution < -0.4 is 19.7 Å². The minimum atomic E-state index is 0.618. The molecule has 7 nitrogen and oxygen atoms in total. The summed E-state index contributed by atoms with van der Waals surface area (Å²) < 4.78 is 11.7. The Kier molecular flexibility index (Phi) is 8.80. The molecular weight excluding hydrogens is 462 g/mol. The number of allylic oxidation sites excluding steroid dienone is 1. The first-order chi connectivity index (χ1) is 17.9. The van der Waals surface area contributed by atoms with Crippen molar-refractivity contribution in [2.24, 2.45) is 0 Å². The van der Waals surface area contributed by atoms with Crippen LogP contribution in [0.4, 0.5) is 5.69 Å². The molecule has 0 aliphatic carbocycles. The molecule has 2 aromatic carbocycles. The molecule has 1 aromatic heterocycles. The minimum Gasteiger partial charge on any atom is -0.490 e. The van der Waals surface area contributed by atoms with Crippen molar-refractivity contribution in [3.8, 4) is 22.9 Å². The molecule has 1 aliphatic heterocycles. The van der Waals surface area contributed by atoms with Gasteiger partial charge in [-0.05, 0) is 62.8 Å². The maximum Gasteiger partial charge on any atom is 0.193 e. The molecular formula is C30H37N5O2. The average Bonchev–Trinajstić information content (AvgIpc) is 3.20. The molecule has 0 unspecified atom stereocenters. The van der Waals surface area contributed by atoms with Crippen molar-refractivity contribution in [2.75, 3.05) is 38.7 Å². The van der Waals surface area contributed by atoms with E-state index in [1.807, 2.05) is 18.2 Å². The summed E-state index contributed by atoms with van der Waals surface area (Å²) in [4.78, 5) is 13.3. The molecule has 0 fully saturated rings. The van der Waals surface area contributed by atoms with E-state index in [1.54, 1.807) is 12.4 Å². The van der Waals surface area contributed by atoms with E-state index in [0.717, 1.165) is 60.6 Å². The number of anilines is 1. The maximum atomic E-state index is 5.95. The van der Waals surface area contributed by atoms with E-state index in [0.29, 0.717) is 30.6 Å². The molecule has 1 N–H and O–H groups in total. The van der Waals surface area contributed by atoms with Gasteiger partial charge in [-0.25, -0.2) is 9.97 Å². The van der Waals surface area contributed by atoms with E-state index < -0.39 is 0 Å². The van der Waals surface area contributed by atoms with Crippen molar-refractivity contribution in [2.45, 2.75) is 32.7 Å². The van der Waals surface area contributed by atoms with Gasteiger partial charge in [0, 0.05) is 30.8 Å². The monoisotopic (exact) mass is 499 g/mol. The Morgan fingerprint density at radius 2 is 1.92 bits per heavy atom. The van der Waals surface area contributed by atoms with Gasteiger partial charge in [-0.1, -0.05) is 37.8 Å². The number of hydrogen-bond donors (Lipinski definition) is 1. The second-order valence-electron chi connectivity index (χ2n) is 9.54. The van der Waals surface area contributed by atoms with Gasteiger partial charge in [0.25, 0.3) is 0 Å². The fourth-order valence-corrected chi connectivity index (χ4v) is 4.17. The summed E-state index contributed by atoms with van der Waals surface area (Å²) in [6.07, 6.45) is 6.28. The molecule has 194 valence electrons. The van der Waals surface area contributed by atoms with Crippen LogP contribution in [0.15, 0.2) is 79.6 Å². The van der Waals surface area contributed by atoms with E-state index in [1.165, 1.54) is 5.56 Å². The number of rotatable bonds is 13. The van der Waals surface area contributed by atoms with Gasteiger partial charge in [0.1, 0.15) is 0 Å². The average molecular weight is 500 g/mol. The molecule has 0 radical (unpaired) electrons. The van der Waals surface area contributed by atoms with Crippen molar-refractivity contribution >= 4 is 5.69 Å². The Balaban J connectivity index is 1.43. The molecule has 37 heavy (non-hydrogen) atoms. The van der Waals surface area contributed by atoms with Gasteiger partial charge in [-0.15, -0.1) is 0 Å². The number of hydrogen-bond acceptors (Lipinski definition) is 7. The molecule has 4 rings (SSSR count). The number of fused-ring (bicyclic) bond motifs is 1. The zero-order valence-electron chi connectivity index (χ0n) is 22.2. The largest absolute Gasteiger partial charge is 0.490 e. The van der Waals surface area contributed by atoms with Gasteiger partial charge in [-0.2, -0.15) is 0 Å². The Labute approximate surface area is 220 Å². The lowest BCUT2D eigenvalue weighted by molar-refractivity contribution is 0.280. The second kappa shape index (κ2) is 12.4. The lowest BCUT2D eigenvalue weighted by Gasteiger charge is -2.19. The first-order valence-electron chi connectivity index (χ1n) is 12.8. The van der Waals surface area contributed by atoms with Crippen LogP contribution in [0.5, 0.6) is 11.5 Å². The lowest BCUT2D eigenvalue weighted by Crippen LogP contribution is -2.19. The van der Waals surface area contributed by atoms with Gasteiger partial charge in [-0.3, -0.25) is 0 Å². The summed E-state index contributed by atoms with van der Waals surface area (Å²) in [7, 11) is 4.11. The van der Waals surface area contributed by atoms with Crippen molar-refractivity contribution in [3.05, 3.63) is 90.7 Å². The predicted molar refractivity (Wildman–Crippen MR) is 150 cm³/mol. The smallest absolute Gasteiger partial charge is 0.193 e. The number of nitrogens with zero attached hydrogens (tertiary/aromatic N) is 4. The van der Waals surface area contributed by atoms with Crippen LogP contribution in [0.25, 0.3) is 11.4 Å². The second-order valence-corrected chi connectivity index (χ2v) is 9.54. The highest BCUT2D eigenvalue weighted by atomic mass is 16.5. The van der Waals surface area contributed by atoms with Crippen LogP contribution in [-0.4, -0.2) is 48.7 Å². The first kappa shape index (κ1) is 26.2. The molecule has 0 spiro atoms. The summed E-state index contributed by atoms with van der Waals surface area (Å²) in [5, 5.41) is 3.37. The number of nitrogens with one attached hydrogen (secondary N) is 1. The van der Waals surface area contributed by atoms with Crippen molar-refractivity contribution < 1.29 is 9.47 Å². The predicted octanol–water partition coefficient (Wildman–Crippen LogP) is 5.40. The third-order valence-corrected chi connectivity index (χ3v) is 6.06. The van der Waals surface area contributed by atoms with Crippen LogP contribution >= 0.6 is 0 Å². The Hall–Kier alpha value is -3.84. The molecule has 0 atom stereocenters. The Bertz CT molecular complexity index is 1220. The van der Waals surface area contributed by atoms with Crippen molar-refractivity contribution in [1.29, 1.82) is 0 Å². The Morgan fingerprint density at radius 1 is 1.11 bits per heavy atom. The summed E-state index contributed by atoms with van der Waals surface area (Å²) in [5.74, 6) is 2.79. The number of aromatic nitrogens is 2. The van der Waals surface area contributed by atoms with Gasteiger partial charge in [0.15, 0.2) is 23.2 Å². The highest BCUT2D eigenvalue weighted by molar-refractivity contribution is 5.68. The van der Waals surface area contributed by atoms with E-state index in [2.05, 4.69) is 83.5 Å². The van der Waals surface area contributed by atoms with Crippen LogP contribution in [-0.2, 0) is 13.0 Å². The van der Waals surface area contributed by atoms with Crippen molar-refractivity contribution in [3.63, 3.8) is 0 Å². The fourth-order valence-electron chi connectivity index (χ4n) is 4.17. The van der Waals surface area contributed by atoms with E-state index in [9.17, 15) is 0 Å².